The molecule has 4 rings (SSSR count). The van der Waals surface area contributed by atoms with Crippen LogP contribution in [-0.4, -0.2) is 34.5 Å². The van der Waals surface area contributed by atoms with Gasteiger partial charge >= 0.3 is 0 Å². The first-order valence-corrected chi connectivity index (χ1v) is 11.9. The zero-order valence-electron chi connectivity index (χ0n) is 20.0. The number of carbonyl (C=O) groups excluding carboxylic acids is 2. The van der Waals surface area contributed by atoms with Gasteiger partial charge in [0.15, 0.2) is 16.7 Å². The van der Waals surface area contributed by atoms with Crippen molar-refractivity contribution in [3.8, 4) is 11.6 Å². The quantitative estimate of drug-likeness (QED) is 0.298. The second-order valence-electron chi connectivity index (χ2n) is 8.01. The zero-order chi connectivity index (χ0) is 26.5. The first-order valence-electron chi connectivity index (χ1n) is 11.1. The van der Waals surface area contributed by atoms with E-state index in [1.165, 1.54) is 41.8 Å². The number of primary amides is 1. The molecule has 0 saturated carbocycles. The maximum atomic E-state index is 14.7. The van der Waals surface area contributed by atoms with Crippen molar-refractivity contribution < 1.29 is 18.7 Å². The third-order valence-electron chi connectivity index (χ3n) is 5.14. The van der Waals surface area contributed by atoms with Gasteiger partial charge < -0.3 is 21.5 Å². The molecule has 0 unspecified atom stereocenters. The summed E-state index contributed by atoms with van der Waals surface area (Å²) in [5.74, 6) is -2.07. The predicted molar refractivity (Wildman–Crippen MR) is 142 cm³/mol. The fourth-order valence-corrected chi connectivity index (χ4v) is 4.35. The number of fused-ring (bicyclic) bond motifs is 1. The lowest BCUT2D eigenvalue weighted by molar-refractivity contribution is -0.115. The van der Waals surface area contributed by atoms with Crippen LogP contribution in [0.3, 0.4) is 0 Å². The van der Waals surface area contributed by atoms with E-state index in [1.54, 1.807) is 26.1 Å². The van der Waals surface area contributed by atoms with E-state index >= 15 is 0 Å². The van der Waals surface area contributed by atoms with Gasteiger partial charge in [0.2, 0.25) is 11.8 Å². The Labute approximate surface area is 215 Å². The minimum atomic E-state index is -0.746. The highest BCUT2D eigenvalue weighted by Crippen LogP contribution is 2.28. The van der Waals surface area contributed by atoms with Gasteiger partial charge in [0, 0.05) is 24.5 Å². The van der Waals surface area contributed by atoms with Gasteiger partial charge in [-0.1, -0.05) is 23.5 Å². The summed E-state index contributed by atoms with van der Waals surface area (Å²) in [6, 6.07) is 12.7. The topological polar surface area (TPSA) is 146 Å². The molecular formula is C26H23FN6O3S. The Morgan fingerprint density at radius 3 is 2.70 bits per heavy atom. The SMILES string of the molecule is CN=C(C=C(C)N)c1ccc2sc(NC(=O)Cc3ccc(Oc4ncccc4C(N)=O)c(F)c3)nc2c1. The number of hydrogen-bond acceptors (Lipinski definition) is 8. The van der Waals surface area contributed by atoms with E-state index < -0.39 is 11.7 Å². The first-order chi connectivity index (χ1) is 17.7. The number of amides is 2. The van der Waals surface area contributed by atoms with Crippen molar-refractivity contribution in [2.75, 3.05) is 12.4 Å². The Morgan fingerprint density at radius 1 is 1.19 bits per heavy atom. The highest BCUT2D eigenvalue weighted by Gasteiger charge is 2.15. The van der Waals surface area contributed by atoms with Crippen molar-refractivity contribution in [2.24, 2.45) is 16.5 Å². The highest BCUT2D eigenvalue weighted by molar-refractivity contribution is 7.22. The van der Waals surface area contributed by atoms with Crippen molar-refractivity contribution in [2.45, 2.75) is 13.3 Å². The van der Waals surface area contributed by atoms with Crippen LogP contribution in [0.5, 0.6) is 11.6 Å². The van der Waals surface area contributed by atoms with E-state index in [0.29, 0.717) is 21.9 Å². The number of benzene rings is 2. The fourth-order valence-electron chi connectivity index (χ4n) is 3.48. The van der Waals surface area contributed by atoms with E-state index in [0.717, 1.165) is 16.0 Å². The van der Waals surface area contributed by atoms with Gasteiger partial charge in [0.05, 0.1) is 22.3 Å². The molecule has 2 aromatic carbocycles. The van der Waals surface area contributed by atoms with Crippen LogP contribution in [0, 0.1) is 5.82 Å². The summed E-state index contributed by atoms with van der Waals surface area (Å²) in [7, 11) is 1.68. The van der Waals surface area contributed by atoms with E-state index in [4.69, 9.17) is 16.2 Å². The van der Waals surface area contributed by atoms with Crippen molar-refractivity contribution >= 4 is 44.2 Å². The number of carbonyl (C=O) groups is 2. The van der Waals surface area contributed by atoms with Gasteiger partial charge in [-0.3, -0.25) is 14.6 Å². The Bertz CT molecular complexity index is 1560. The number of pyridine rings is 1. The first kappa shape index (κ1) is 25.5. The zero-order valence-corrected chi connectivity index (χ0v) is 20.8. The number of aromatic nitrogens is 2. The molecule has 37 heavy (non-hydrogen) atoms. The van der Waals surface area contributed by atoms with Crippen LogP contribution >= 0.6 is 11.3 Å². The highest BCUT2D eigenvalue weighted by atomic mass is 32.1. The molecule has 0 radical (unpaired) electrons. The number of anilines is 1. The predicted octanol–water partition coefficient (Wildman–Crippen LogP) is 4.18. The molecule has 9 nitrogen and oxygen atoms in total. The molecule has 0 atom stereocenters. The lowest BCUT2D eigenvalue weighted by Crippen LogP contribution is -2.14. The molecule has 188 valence electrons. The molecule has 0 saturated heterocycles. The second-order valence-corrected chi connectivity index (χ2v) is 9.04. The molecule has 0 aliphatic rings. The minimum Gasteiger partial charge on any atom is -0.435 e. The lowest BCUT2D eigenvalue weighted by Gasteiger charge is -2.09. The molecule has 0 fully saturated rings. The number of thiazole rings is 1. The van der Waals surface area contributed by atoms with E-state index in [2.05, 4.69) is 20.3 Å². The van der Waals surface area contributed by atoms with Crippen LogP contribution in [-0.2, 0) is 11.2 Å². The molecule has 0 aliphatic carbocycles. The number of ether oxygens (including phenoxy) is 1. The second kappa shape index (κ2) is 11.0. The summed E-state index contributed by atoms with van der Waals surface area (Å²) in [6.45, 7) is 1.78. The smallest absolute Gasteiger partial charge is 0.254 e. The standard InChI is InChI=1S/C26H23FN6O3S/c1-14(28)10-19(30-2)16-6-8-22-20(13-16)32-26(37-22)33-23(34)12-15-5-7-21(18(27)11-15)36-25-17(24(29)35)4-3-9-31-25/h3-11,13H,12,28H2,1-2H3,(H2,29,35)(H,32,33,34). The van der Waals surface area contributed by atoms with Gasteiger partial charge in [0.1, 0.15) is 5.56 Å². The number of nitrogens with two attached hydrogens (primary N) is 2. The molecule has 0 spiro atoms. The Morgan fingerprint density at radius 2 is 2.00 bits per heavy atom. The summed E-state index contributed by atoms with van der Waals surface area (Å²) in [6.07, 6.45) is 3.09. The van der Waals surface area contributed by atoms with Crippen molar-refractivity contribution in [1.29, 1.82) is 0 Å². The van der Waals surface area contributed by atoms with Crippen molar-refractivity contribution in [3.63, 3.8) is 0 Å². The maximum Gasteiger partial charge on any atom is 0.254 e. The molecule has 4 aromatic rings. The number of aliphatic imine (C=N–C) groups is 1. The van der Waals surface area contributed by atoms with Crippen molar-refractivity contribution in [1.82, 2.24) is 9.97 Å². The maximum absolute atomic E-state index is 14.7. The molecule has 2 aromatic heterocycles. The molecule has 0 aliphatic heterocycles. The largest absolute Gasteiger partial charge is 0.435 e. The summed E-state index contributed by atoms with van der Waals surface area (Å²) in [5, 5.41) is 3.18. The summed E-state index contributed by atoms with van der Waals surface area (Å²) in [4.78, 5) is 36.8. The average molecular weight is 519 g/mol. The van der Waals surface area contributed by atoms with Crippen LogP contribution in [0.25, 0.3) is 10.2 Å². The van der Waals surface area contributed by atoms with Crippen LogP contribution in [0.4, 0.5) is 9.52 Å². The number of hydrogen-bond donors (Lipinski definition) is 3. The average Bonchev–Trinajstić information content (AvgIpc) is 3.25. The van der Waals surface area contributed by atoms with Gasteiger partial charge in [0.25, 0.3) is 5.91 Å². The Hall–Kier alpha value is -4.64. The molecule has 2 heterocycles. The summed E-state index contributed by atoms with van der Waals surface area (Å²) in [5.41, 5.74) is 14.5. The molecule has 5 N–H and O–H groups in total. The van der Waals surface area contributed by atoms with Gasteiger partial charge in [-0.2, -0.15) is 0 Å². The number of rotatable bonds is 8. The van der Waals surface area contributed by atoms with Gasteiger partial charge in [-0.15, -0.1) is 0 Å². The number of halogens is 1. The van der Waals surface area contributed by atoms with Crippen LogP contribution in [0.1, 0.15) is 28.4 Å². The third-order valence-corrected chi connectivity index (χ3v) is 6.09. The molecule has 11 heteroatoms. The van der Waals surface area contributed by atoms with Crippen LogP contribution in [0.15, 0.2) is 71.5 Å². The normalized spacial score (nSPS) is 12.0. The number of nitrogens with one attached hydrogen (secondary N) is 1. The van der Waals surface area contributed by atoms with E-state index in [1.807, 2.05) is 18.2 Å². The Kier molecular flexibility index (Phi) is 7.54. The van der Waals surface area contributed by atoms with Gasteiger partial charge in [-0.05, 0) is 55.0 Å². The van der Waals surface area contributed by atoms with E-state index in [9.17, 15) is 14.0 Å². The third kappa shape index (κ3) is 6.14. The monoisotopic (exact) mass is 518 g/mol. The summed E-state index contributed by atoms with van der Waals surface area (Å²) >= 11 is 1.33. The number of nitrogens with zero attached hydrogens (tertiary/aromatic N) is 3. The van der Waals surface area contributed by atoms with E-state index in [-0.39, 0.29) is 29.5 Å². The van der Waals surface area contributed by atoms with Gasteiger partial charge in [-0.25, -0.2) is 14.4 Å². The fraction of sp³-hybridized carbons (Fsp3) is 0.115. The van der Waals surface area contributed by atoms with Crippen LogP contribution in [0.2, 0.25) is 0 Å². The Balaban J connectivity index is 1.45. The van der Waals surface area contributed by atoms with Crippen molar-refractivity contribution in [3.05, 3.63) is 89.0 Å². The number of allylic oxidation sites excluding steroid dienone is 2. The molecule has 2 amide bonds. The molecular weight excluding hydrogens is 495 g/mol. The molecule has 0 bridgehead atoms. The lowest BCUT2D eigenvalue weighted by atomic mass is 10.1. The minimum absolute atomic E-state index is 0.0254. The summed E-state index contributed by atoms with van der Waals surface area (Å²) < 4.78 is 21.0. The van der Waals surface area contributed by atoms with Crippen LogP contribution < -0.4 is 21.5 Å².